The van der Waals surface area contributed by atoms with Crippen molar-refractivity contribution in [1.82, 2.24) is 0 Å². The third kappa shape index (κ3) is 3.03. The maximum absolute atomic E-state index is 11.2. The number of fused-ring (bicyclic) bond motifs is 1. The van der Waals surface area contributed by atoms with E-state index in [1.807, 2.05) is 0 Å². The number of aliphatic hydroxyl groups is 2. The Balaban J connectivity index is 1.85. The van der Waals surface area contributed by atoms with E-state index in [9.17, 15) is 15.0 Å². The minimum absolute atomic E-state index is 0.416. The first kappa shape index (κ1) is 16.9. The van der Waals surface area contributed by atoms with Crippen LogP contribution in [0.3, 0.4) is 0 Å². The van der Waals surface area contributed by atoms with Gasteiger partial charge in [0.15, 0.2) is 0 Å². The van der Waals surface area contributed by atoms with E-state index in [1.54, 1.807) is 38.1 Å². The lowest BCUT2D eigenvalue weighted by Crippen LogP contribution is -2.63. The van der Waals surface area contributed by atoms with Gasteiger partial charge in [0.05, 0.1) is 5.60 Å². The van der Waals surface area contributed by atoms with Crippen LogP contribution in [0.4, 0.5) is 0 Å². The molecule has 2 heterocycles. The summed E-state index contributed by atoms with van der Waals surface area (Å²) >= 11 is 0. The second-order valence-corrected chi connectivity index (χ2v) is 6.30. The van der Waals surface area contributed by atoms with E-state index in [4.69, 9.17) is 18.6 Å². The molecule has 2 unspecified atom stereocenters. The number of hydrogen-bond donors (Lipinski definition) is 2. The highest BCUT2D eigenvalue weighted by atomic mass is 16.7. The lowest BCUT2D eigenvalue weighted by molar-refractivity contribution is -0.305. The largest absolute Gasteiger partial charge is 0.462 e. The van der Waals surface area contributed by atoms with Gasteiger partial charge in [0.1, 0.15) is 29.6 Å². The molecule has 1 aromatic carbocycles. The highest BCUT2D eigenvalue weighted by molar-refractivity contribution is 5.77. The minimum Gasteiger partial charge on any atom is -0.462 e. The summed E-state index contributed by atoms with van der Waals surface area (Å²) in [5.41, 5.74) is -0.848. The molecular weight excluding hydrogens is 316 g/mol. The lowest BCUT2D eigenvalue weighted by atomic mass is 9.89. The zero-order valence-corrected chi connectivity index (χ0v) is 13.6. The van der Waals surface area contributed by atoms with Crippen molar-refractivity contribution >= 4 is 11.0 Å². The fourth-order valence-electron chi connectivity index (χ4n) is 2.96. The van der Waals surface area contributed by atoms with Crippen LogP contribution in [0.2, 0.25) is 0 Å². The van der Waals surface area contributed by atoms with E-state index in [0.717, 1.165) is 0 Å². The molecule has 1 aliphatic heterocycles. The van der Waals surface area contributed by atoms with Crippen molar-refractivity contribution in [2.45, 2.75) is 44.1 Å². The Morgan fingerprint density at radius 3 is 2.58 bits per heavy atom. The van der Waals surface area contributed by atoms with Crippen LogP contribution in [-0.4, -0.2) is 47.5 Å². The normalized spacial score (nSPS) is 29.5. The number of aliphatic hydroxyl groups excluding tert-OH is 2. The molecule has 1 fully saturated rings. The first-order valence-corrected chi connectivity index (χ1v) is 7.59. The smallest absolute Gasteiger partial charge is 0.336 e. The number of ether oxygens (including phenoxy) is 3. The Kier molecular flexibility index (Phi) is 4.35. The molecule has 1 aliphatic rings. The fraction of sp³-hybridized carbons (Fsp3) is 0.471. The van der Waals surface area contributed by atoms with Crippen molar-refractivity contribution < 1.29 is 28.8 Å². The second kappa shape index (κ2) is 6.18. The van der Waals surface area contributed by atoms with Crippen LogP contribution in [-0.2, 0) is 9.47 Å². The maximum atomic E-state index is 11.2. The predicted octanol–water partition coefficient (Wildman–Crippen LogP) is 1.04. The Morgan fingerprint density at radius 1 is 1.12 bits per heavy atom. The van der Waals surface area contributed by atoms with Gasteiger partial charge in [-0.25, -0.2) is 4.79 Å². The maximum Gasteiger partial charge on any atom is 0.336 e. The first-order chi connectivity index (χ1) is 11.3. The van der Waals surface area contributed by atoms with Crippen LogP contribution in [0.5, 0.6) is 5.75 Å². The molecule has 4 atom stereocenters. The monoisotopic (exact) mass is 336 g/mol. The Labute approximate surface area is 138 Å². The Morgan fingerprint density at radius 2 is 1.88 bits per heavy atom. The molecule has 0 spiro atoms. The van der Waals surface area contributed by atoms with Crippen LogP contribution in [0.15, 0.2) is 39.5 Å². The first-order valence-electron chi connectivity index (χ1n) is 7.59. The van der Waals surface area contributed by atoms with Gasteiger partial charge in [0, 0.05) is 18.6 Å². The van der Waals surface area contributed by atoms with Gasteiger partial charge in [-0.05, 0) is 38.1 Å². The summed E-state index contributed by atoms with van der Waals surface area (Å²) in [4.78, 5) is 11.2. The molecule has 0 bridgehead atoms. The molecule has 7 heteroatoms. The van der Waals surface area contributed by atoms with E-state index < -0.39 is 35.8 Å². The third-order valence-corrected chi connectivity index (χ3v) is 4.14. The van der Waals surface area contributed by atoms with Crippen LogP contribution >= 0.6 is 0 Å². The molecule has 7 nitrogen and oxygen atoms in total. The molecule has 1 saturated heterocycles. The van der Waals surface area contributed by atoms with Gasteiger partial charge in [-0.2, -0.15) is 0 Å². The predicted molar refractivity (Wildman–Crippen MR) is 84.9 cm³/mol. The Bertz CT molecular complexity index is 782. The van der Waals surface area contributed by atoms with Crippen molar-refractivity contribution in [1.29, 1.82) is 0 Å². The molecule has 130 valence electrons. The minimum atomic E-state index is -1.27. The summed E-state index contributed by atoms with van der Waals surface area (Å²) in [6, 6.07) is 7.79. The summed E-state index contributed by atoms with van der Waals surface area (Å²) in [5, 5.41) is 21.2. The van der Waals surface area contributed by atoms with Crippen molar-refractivity contribution in [2.75, 3.05) is 7.11 Å². The van der Waals surface area contributed by atoms with Gasteiger partial charge in [0.2, 0.25) is 6.29 Å². The standard InChI is InChI=1S/C17H20O7/c1-17(2)15(21-3)13(19)14(20)16(24-17)22-10-5-6-11-9(8-10)4-7-12(18)23-11/h4-8,13-16,19-20H,1-3H3/t13-,14+,15?,16?/m1/s1. The molecule has 0 aliphatic carbocycles. The van der Waals surface area contributed by atoms with Gasteiger partial charge in [-0.15, -0.1) is 0 Å². The van der Waals surface area contributed by atoms with E-state index in [0.29, 0.717) is 16.7 Å². The van der Waals surface area contributed by atoms with Crippen LogP contribution in [0.25, 0.3) is 11.0 Å². The second-order valence-electron chi connectivity index (χ2n) is 6.30. The Hall–Kier alpha value is -1.93. The fourth-order valence-corrected chi connectivity index (χ4v) is 2.96. The van der Waals surface area contributed by atoms with Crippen molar-refractivity contribution in [3.63, 3.8) is 0 Å². The number of hydrogen-bond acceptors (Lipinski definition) is 7. The van der Waals surface area contributed by atoms with Gasteiger partial charge in [-0.1, -0.05) is 0 Å². The van der Waals surface area contributed by atoms with Gasteiger partial charge < -0.3 is 28.8 Å². The van der Waals surface area contributed by atoms with Crippen molar-refractivity contribution in [2.24, 2.45) is 0 Å². The summed E-state index contributed by atoms with van der Waals surface area (Å²) in [5.74, 6) is 0.416. The zero-order chi connectivity index (χ0) is 17.5. The SMILES string of the molecule is COC1[C@H](O)[C@H](O)C(Oc2ccc3oc(=O)ccc3c2)OC1(C)C. The summed E-state index contributed by atoms with van der Waals surface area (Å²) in [6.07, 6.45) is -4.16. The van der Waals surface area contributed by atoms with E-state index in [2.05, 4.69) is 0 Å². The molecular formula is C17H20O7. The topological polar surface area (TPSA) is 98.4 Å². The molecule has 2 aromatic rings. The van der Waals surface area contributed by atoms with Crippen LogP contribution in [0.1, 0.15) is 13.8 Å². The van der Waals surface area contributed by atoms with E-state index >= 15 is 0 Å². The van der Waals surface area contributed by atoms with Gasteiger partial charge in [0.25, 0.3) is 0 Å². The molecule has 24 heavy (non-hydrogen) atoms. The summed E-state index contributed by atoms with van der Waals surface area (Å²) in [7, 11) is 1.45. The highest BCUT2D eigenvalue weighted by Crippen LogP contribution is 2.33. The van der Waals surface area contributed by atoms with Crippen LogP contribution < -0.4 is 10.4 Å². The zero-order valence-electron chi connectivity index (χ0n) is 13.6. The quantitative estimate of drug-likeness (QED) is 0.808. The number of rotatable bonds is 3. The van der Waals surface area contributed by atoms with Crippen LogP contribution in [0, 0.1) is 0 Å². The highest BCUT2D eigenvalue weighted by Gasteiger charge is 2.50. The van der Waals surface area contributed by atoms with E-state index in [1.165, 1.54) is 13.2 Å². The summed E-state index contributed by atoms with van der Waals surface area (Å²) < 4.78 is 21.7. The molecule has 3 rings (SSSR count). The van der Waals surface area contributed by atoms with E-state index in [-0.39, 0.29) is 0 Å². The molecule has 2 N–H and O–H groups in total. The molecule has 0 amide bonds. The average molecular weight is 336 g/mol. The number of benzene rings is 1. The lowest BCUT2D eigenvalue weighted by Gasteiger charge is -2.46. The molecule has 0 saturated carbocycles. The van der Waals surface area contributed by atoms with Gasteiger partial charge in [-0.3, -0.25) is 0 Å². The molecule has 0 radical (unpaired) electrons. The molecule has 1 aromatic heterocycles. The third-order valence-electron chi connectivity index (χ3n) is 4.14. The summed E-state index contributed by atoms with van der Waals surface area (Å²) in [6.45, 7) is 3.50. The van der Waals surface area contributed by atoms with Crippen molar-refractivity contribution in [3.05, 3.63) is 40.8 Å². The average Bonchev–Trinajstić information content (AvgIpc) is 2.52. The number of methoxy groups -OCH3 is 1. The van der Waals surface area contributed by atoms with Gasteiger partial charge >= 0.3 is 5.63 Å². The van der Waals surface area contributed by atoms with Crippen molar-refractivity contribution in [3.8, 4) is 5.75 Å².